The molecule has 27 heavy (non-hydrogen) atoms. The molecule has 0 aliphatic heterocycles. The van der Waals surface area contributed by atoms with Gasteiger partial charge in [-0.3, -0.25) is 14.7 Å². The normalized spacial score (nSPS) is 10.8. The maximum atomic E-state index is 12.2. The topological polar surface area (TPSA) is 124 Å². The Labute approximate surface area is 152 Å². The van der Waals surface area contributed by atoms with E-state index < -0.39 is 0 Å². The first-order valence-electron chi connectivity index (χ1n) is 8.16. The van der Waals surface area contributed by atoms with Gasteiger partial charge in [0.15, 0.2) is 17.3 Å². The number of H-pyrrole nitrogens is 1. The van der Waals surface area contributed by atoms with Gasteiger partial charge in [0.2, 0.25) is 0 Å². The van der Waals surface area contributed by atoms with Gasteiger partial charge in [-0.05, 0) is 24.3 Å². The van der Waals surface area contributed by atoms with Crippen molar-refractivity contribution in [3.63, 3.8) is 0 Å². The molecule has 0 bridgehead atoms. The van der Waals surface area contributed by atoms with E-state index in [0.717, 1.165) is 0 Å². The fourth-order valence-electron chi connectivity index (χ4n) is 2.49. The van der Waals surface area contributed by atoms with E-state index in [1.165, 1.54) is 17.0 Å². The van der Waals surface area contributed by atoms with Crippen LogP contribution in [0.25, 0.3) is 17.3 Å². The van der Waals surface area contributed by atoms with Crippen LogP contribution in [0, 0.1) is 0 Å². The number of carbonyl (C=O) groups is 1. The summed E-state index contributed by atoms with van der Waals surface area (Å²) in [5, 5.41) is 17.8. The molecule has 0 aliphatic rings. The van der Waals surface area contributed by atoms with E-state index in [1.54, 1.807) is 47.4 Å². The summed E-state index contributed by atoms with van der Waals surface area (Å²) in [4.78, 5) is 24.2. The average Bonchev–Trinajstić information content (AvgIpc) is 3.43. The van der Waals surface area contributed by atoms with Crippen molar-refractivity contribution in [2.45, 2.75) is 6.54 Å². The minimum absolute atomic E-state index is 0.217. The fraction of sp³-hybridized carbons (Fsp3) is 0.118. The van der Waals surface area contributed by atoms with Gasteiger partial charge in [-0.2, -0.15) is 10.2 Å². The van der Waals surface area contributed by atoms with Crippen LogP contribution in [0.3, 0.4) is 0 Å². The fourth-order valence-corrected chi connectivity index (χ4v) is 2.49. The molecule has 4 heterocycles. The van der Waals surface area contributed by atoms with Gasteiger partial charge in [0.05, 0.1) is 12.8 Å². The van der Waals surface area contributed by atoms with Gasteiger partial charge in [-0.1, -0.05) is 0 Å². The molecule has 0 fully saturated rings. The second-order valence-corrected chi connectivity index (χ2v) is 5.60. The Kier molecular flexibility index (Phi) is 4.35. The summed E-state index contributed by atoms with van der Waals surface area (Å²) in [6.07, 6.45) is 4.89. The molecular formula is C17H15N7O3. The SMILES string of the molecule is O=C(NCCn1nc(-n2cccn2)ccc1=O)c1cc(-c2ccco2)[nH]n1. The molecule has 4 aromatic heterocycles. The lowest BCUT2D eigenvalue weighted by Crippen LogP contribution is -2.32. The summed E-state index contributed by atoms with van der Waals surface area (Å²) >= 11 is 0. The first kappa shape index (κ1) is 16.5. The van der Waals surface area contributed by atoms with Crippen molar-refractivity contribution < 1.29 is 9.21 Å². The predicted octanol–water partition coefficient (Wildman–Crippen LogP) is 0.842. The molecule has 0 atom stereocenters. The molecular weight excluding hydrogens is 350 g/mol. The van der Waals surface area contributed by atoms with Crippen LogP contribution in [0.5, 0.6) is 0 Å². The third-order valence-electron chi connectivity index (χ3n) is 3.80. The molecule has 2 N–H and O–H groups in total. The van der Waals surface area contributed by atoms with E-state index >= 15 is 0 Å². The van der Waals surface area contributed by atoms with E-state index in [1.807, 2.05) is 0 Å². The Morgan fingerprint density at radius 2 is 2.19 bits per heavy atom. The summed E-state index contributed by atoms with van der Waals surface area (Å²) in [7, 11) is 0. The van der Waals surface area contributed by atoms with Crippen molar-refractivity contribution in [1.29, 1.82) is 0 Å². The number of carbonyl (C=O) groups excluding carboxylic acids is 1. The quantitative estimate of drug-likeness (QED) is 0.522. The molecule has 0 saturated carbocycles. The maximum Gasteiger partial charge on any atom is 0.271 e. The molecule has 4 rings (SSSR count). The van der Waals surface area contributed by atoms with Gasteiger partial charge in [0.25, 0.3) is 11.5 Å². The molecule has 0 unspecified atom stereocenters. The first-order chi connectivity index (χ1) is 13.2. The van der Waals surface area contributed by atoms with Crippen LogP contribution in [-0.4, -0.2) is 42.2 Å². The number of hydrogen-bond donors (Lipinski definition) is 2. The van der Waals surface area contributed by atoms with Gasteiger partial charge in [0.1, 0.15) is 5.69 Å². The second kappa shape index (κ2) is 7.12. The number of nitrogens with zero attached hydrogens (tertiary/aromatic N) is 5. The lowest BCUT2D eigenvalue weighted by molar-refractivity contribution is 0.0946. The van der Waals surface area contributed by atoms with E-state index in [9.17, 15) is 9.59 Å². The predicted molar refractivity (Wildman–Crippen MR) is 94.2 cm³/mol. The molecule has 0 aromatic carbocycles. The van der Waals surface area contributed by atoms with Gasteiger partial charge in [-0.15, -0.1) is 5.10 Å². The molecule has 0 aliphatic carbocycles. The monoisotopic (exact) mass is 365 g/mol. The number of nitrogens with one attached hydrogen (secondary N) is 2. The highest BCUT2D eigenvalue weighted by atomic mass is 16.3. The number of amides is 1. The summed E-state index contributed by atoms with van der Waals surface area (Å²) in [5.41, 5.74) is 0.571. The van der Waals surface area contributed by atoms with Gasteiger partial charge in [-0.25, -0.2) is 9.36 Å². The van der Waals surface area contributed by atoms with Crippen molar-refractivity contribution in [3.05, 3.63) is 71.1 Å². The summed E-state index contributed by atoms with van der Waals surface area (Å²) < 4.78 is 8.07. The Morgan fingerprint density at radius 3 is 2.96 bits per heavy atom. The van der Waals surface area contributed by atoms with Crippen molar-refractivity contribution in [3.8, 4) is 17.3 Å². The van der Waals surface area contributed by atoms with Gasteiger partial charge < -0.3 is 9.73 Å². The van der Waals surface area contributed by atoms with E-state index in [0.29, 0.717) is 17.3 Å². The van der Waals surface area contributed by atoms with Crippen molar-refractivity contribution >= 4 is 5.91 Å². The van der Waals surface area contributed by atoms with Crippen LogP contribution in [0.4, 0.5) is 0 Å². The highest BCUT2D eigenvalue weighted by molar-refractivity contribution is 5.93. The highest BCUT2D eigenvalue weighted by Crippen LogP contribution is 2.17. The van der Waals surface area contributed by atoms with Crippen molar-refractivity contribution in [1.82, 2.24) is 35.1 Å². The minimum Gasteiger partial charge on any atom is -0.463 e. The molecule has 0 radical (unpaired) electrons. The van der Waals surface area contributed by atoms with Gasteiger partial charge in [0, 0.05) is 31.1 Å². The van der Waals surface area contributed by atoms with Crippen LogP contribution in [0.2, 0.25) is 0 Å². The molecule has 10 heteroatoms. The lowest BCUT2D eigenvalue weighted by Gasteiger charge is -2.07. The van der Waals surface area contributed by atoms with Crippen LogP contribution >= 0.6 is 0 Å². The smallest absolute Gasteiger partial charge is 0.271 e. The zero-order valence-electron chi connectivity index (χ0n) is 14.1. The third kappa shape index (κ3) is 3.54. The maximum absolute atomic E-state index is 12.2. The number of aromatic amines is 1. The second-order valence-electron chi connectivity index (χ2n) is 5.60. The van der Waals surface area contributed by atoms with Crippen LogP contribution < -0.4 is 10.9 Å². The van der Waals surface area contributed by atoms with Gasteiger partial charge >= 0.3 is 0 Å². The Hall–Kier alpha value is -3.95. The summed E-state index contributed by atoms with van der Waals surface area (Å²) in [5.74, 6) is 0.745. The van der Waals surface area contributed by atoms with E-state index in [2.05, 4.69) is 25.7 Å². The Balaban J connectivity index is 1.39. The molecule has 136 valence electrons. The number of rotatable bonds is 6. The largest absolute Gasteiger partial charge is 0.463 e. The summed E-state index contributed by atoms with van der Waals surface area (Å²) in [6.45, 7) is 0.437. The highest BCUT2D eigenvalue weighted by Gasteiger charge is 2.12. The molecule has 10 nitrogen and oxygen atoms in total. The Bertz CT molecular complexity index is 1090. The molecule has 4 aromatic rings. The lowest BCUT2D eigenvalue weighted by atomic mass is 10.3. The first-order valence-corrected chi connectivity index (χ1v) is 8.16. The Morgan fingerprint density at radius 1 is 1.26 bits per heavy atom. The zero-order chi connectivity index (χ0) is 18.6. The minimum atomic E-state index is -0.361. The van der Waals surface area contributed by atoms with Crippen LogP contribution in [0.1, 0.15) is 10.5 Å². The zero-order valence-corrected chi connectivity index (χ0v) is 14.1. The molecule has 1 amide bonds. The van der Waals surface area contributed by atoms with Crippen LogP contribution in [0.15, 0.2) is 64.3 Å². The molecule has 0 saturated heterocycles. The third-order valence-corrected chi connectivity index (χ3v) is 3.80. The number of furan rings is 1. The van der Waals surface area contributed by atoms with Crippen LogP contribution in [-0.2, 0) is 6.54 Å². The van der Waals surface area contributed by atoms with Crippen molar-refractivity contribution in [2.24, 2.45) is 0 Å². The number of hydrogen-bond acceptors (Lipinski definition) is 6. The van der Waals surface area contributed by atoms with E-state index in [-0.39, 0.29) is 30.2 Å². The van der Waals surface area contributed by atoms with Crippen molar-refractivity contribution in [2.75, 3.05) is 6.54 Å². The van der Waals surface area contributed by atoms with E-state index in [4.69, 9.17) is 4.42 Å². The standard InChI is InChI=1S/C17H15N7O3/c25-16-5-4-15(23-8-2-6-19-23)22-24(16)9-7-18-17(26)13-11-12(20-21-13)14-3-1-10-27-14/h1-6,8,10-11H,7,9H2,(H,18,26)(H,20,21). The summed E-state index contributed by atoms with van der Waals surface area (Å²) in [6, 6.07) is 9.87. The average molecular weight is 365 g/mol. The molecule has 0 spiro atoms. The number of aromatic nitrogens is 6.